The Kier molecular flexibility index (Phi) is 9.69. The van der Waals surface area contributed by atoms with Gasteiger partial charge >= 0.3 is 10.2 Å². The first kappa shape index (κ1) is 27.8. The number of amides is 2. The predicted octanol–water partition coefficient (Wildman–Crippen LogP) is 3.30. The number of carbonyl (C=O) groups is 2. The fourth-order valence-electron chi connectivity index (χ4n) is 3.10. The molecular formula is C22H27Cl2FN4O4S. The molecule has 0 saturated carbocycles. The van der Waals surface area contributed by atoms with Crippen LogP contribution in [0.25, 0.3) is 0 Å². The molecule has 0 radical (unpaired) electrons. The molecule has 0 fully saturated rings. The minimum Gasteiger partial charge on any atom is -0.355 e. The standard InChI is InChI=1S/C22H27Cl2FN4O4S/c1-5-26-22(31)15(2)28(13-16-10-11-17(23)18(24)12-16)21(30)14-29(34(32,33)27(3)4)20-9-7-6-8-19(20)25/h6-12,15H,5,13-14H2,1-4H3,(H,26,31)/t15-/m0/s1. The summed E-state index contributed by atoms with van der Waals surface area (Å²) in [5.41, 5.74) is 0.288. The van der Waals surface area contributed by atoms with E-state index in [1.54, 1.807) is 25.1 Å². The number of nitrogens with zero attached hydrogens (tertiary/aromatic N) is 3. The third-order valence-corrected chi connectivity index (χ3v) is 7.54. The number of hydrogen-bond donors (Lipinski definition) is 1. The monoisotopic (exact) mass is 532 g/mol. The third kappa shape index (κ3) is 6.59. The maximum absolute atomic E-state index is 14.6. The van der Waals surface area contributed by atoms with E-state index in [9.17, 15) is 22.4 Å². The number of likely N-dealkylation sites (N-methyl/N-ethyl adjacent to an activating group) is 1. The quantitative estimate of drug-likeness (QED) is 0.508. The van der Waals surface area contributed by atoms with E-state index >= 15 is 0 Å². The van der Waals surface area contributed by atoms with Gasteiger partial charge in [0.05, 0.1) is 15.7 Å². The van der Waals surface area contributed by atoms with Crippen LogP contribution in [-0.2, 0) is 26.3 Å². The largest absolute Gasteiger partial charge is 0.355 e. The van der Waals surface area contributed by atoms with Gasteiger partial charge in [-0.15, -0.1) is 0 Å². The van der Waals surface area contributed by atoms with Gasteiger partial charge in [0.15, 0.2) is 0 Å². The number of nitrogens with one attached hydrogen (secondary N) is 1. The first-order valence-electron chi connectivity index (χ1n) is 10.4. The van der Waals surface area contributed by atoms with Crippen LogP contribution in [0, 0.1) is 5.82 Å². The smallest absolute Gasteiger partial charge is 0.304 e. The second kappa shape index (κ2) is 11.8. The molecular weight excluding hydrogens is 506 g/mol. The van der Waals surface area contributed by atoms with E-state index < -0.39 is 40.4 Å². The molecule has 1 N–H and O–H groups in total. The van der Waals surface area contributed by atoms with Crippen molar-refractivity contribution in [1.82, 2.24) is 14.5 Å². The summed E-state index contributed by atoms with van der Waals surface area (Å²) in [4.78, 5) is 27.2. The first-order chi connectivity index (χ1) is 15.9. The molecule has 2 rings (SSSR count). The van der Waals surface area contributed by atoms with Crippen LogP contribution in [0.4, 0.5) is 10.1 Å². The number of halogens is 3. The Balaban J connectivity index is 2.48. The van der Waals surface area contributed by atoms with Gasteiger partial charge in [0.2, 0.25) is 11.8 Å². The van der Waals surface area contributed by atoms with Gasteiger partial charge in [-0.25, -0.2) is 8.70 Å². The van der Waals surface area contributed by atoms with Gasteiger partial charge in [0, 0.05) is 27.2 Å². The highest BCUT2D eigenvalue weighted by Gasteiger charge is 2.33. The fourth-order valence-corrected chi connectivity index (χ4v) is 4.48. The molecule has 2 aromatic rings. The van der Waals surface area contributed by atoms with Crippen molar-refractivity contribution in [3.05, 3.63) is 63.9 Å². The minimum absolute atomic E-state index is 0.0544. The Morgan fingerprint density at radius 1 is 1.09 bits per heavy atom. The van der Waals surface area contributed by atoms with Crippen molar-refractivity contribution in [1.29, 1.82) is 0 Å². The number of benzene rings is 2. The normalized spacial score (nSPS) is 12.4. The summed E-state index contributed by atoms with van der Waals surface area (Å²) in [5, 5.41) is 3.24. The summed E-state index contributed by atoms with van der Waals surface area (Å²) < 4.78 is 42.1. The molecule has 0 aliphatic rings. The maximum atomic E-state index is 14.6. The molecule has 0 heterocycles. The van der Waals surface area contributed by atoms with Crippen LogP contribution in [0.3, 0.4) is 0 Å². The topological polar surface area (TPSA) is 90.0 Å². The van der Waals surface area contributed by atoms with Crippen molar-refractivity contribution >= 4 is 50.9 Å². The fraction of sp³-hybridized carbons (Fsp3) is 0.364. The van der Waals surface area contributed by atoms with Gasteiger partial charge in [-0.05, 0) is 43.7 Å². The second-order valence-corrected chi connectivity index (χ2v) is 10.5. The van der Waals surface area contributed by atoms with Crippen molar-refractivity contribution in [2.24, 2.45) is 0 Å². The highest BCUT2D eigenvalue weighted by Crippen LogP contribution is 2.26. The lowest BCUT2D eigenvalue weighted by Crippen LogP contribution is -2.52. The minimum atomic E-state index is -4.24. The lowest BCUT2D eigenvalue weighted by Gasteiger charge is -2.32. The maximum Gasteiger partial charge on any atom is 0.304 e. The first-order valence-corrected chi connectivity index (χ1v) is 12.5. The van der Waals surface area contributed by atoms with Crippen LogP contribution < -0.4 is 9.62 Å². The van der Waals surface area contributed by atoms with Gasteiger partial charge in [-0.2, -0.15) is 12.7 Å². The summed E-state index contributed by atoms with van der Waals surface area (Å²) in [5.74, 6) is -1.95. The molecule has 0 aliphatic carbocycles. The summed E-state index contributed by atoms with van der Waals surface area (Å²) in [6.07, 6.45) is 0. The molecule has 12 heteroatoms. The Bertz CT molecular complexity index is 1150. The van der Waals surface area contributed by atoms with Crippen LogP contribution in [-0.4, -0.2) is 62.7 Å². The number of hydrogen-bond acceptors (Lipinski definition) is 4. The number of rotatable bonds is 10. The van der Waals surface area contributed by atoms with Gasteiger partial charge in [-0.1, -0.05) is 41.4 Å². The van der Waals surface area contributed by atoms with Crippen molar-refractivity contribution in [3.8, 4) is 0 Å². The average molecular weight is 533 g/mol. The van der Waals surface area contributed by atoms with E-state index in [1.165, 1.54) is 44.1 Å². The van der Waals surface area contributed by atoms with E-state index in [4.69, 9.17) is 23.2 Å². The molecule has 2 amide bonds. The zero-order valence-corrected chi connectivity index (χ0v) is 21.6. The van der Waals surface area contributed by atoms with Crippen molar-refractivity contribution in [2.45, 2.75) is 26.4 Å². The van der Waals surface area contributed by atoms with E-state index in [0.29, 0.717) is 21.4 Å². The van der Waals surface area contributed by atoms with Gasteiger partial charge in [0.1, 0.15) is 18.4 Å². The lowest BCUT2D eigenvalue weighted by molar-refractivity contribution is -0.139. The van der Waals surface area contributed by atoms with Crippen LogP contribution in [0.2, 0.25) is 10.0 Å². The van der Waals surface area contributed by atoms with Crippen molar-refractivity contribution in [3.63, 3.8) is 0 Å². The molecule has 34 heavy (non-hydrogen) atoms. The summed E-state index contributed by atoms with van der Waals surface area (Å²) in [6.45, 7) is 2.82. The highest BCUT2D eigenvalue weighted by molar-refractivity contribution is 7.90. The van der Waals surface area contributed by atoms with E-state index in [0.717, 1.165) is 10.4 Å². The van der Waals surface area contributed by atoms with Crippen molar-refractivity contribution < 1.29 is 22.4 Å². The summed E-state index contributed by atoms with van der Waals surface area (Å²) in [6, 6.07) is 9.04. The summed E-state index contributed by atoms with van der Waals surface area (Å²) in [7, 11) is -1.69. The molecule has 0 aliphatic heterocycles. The molecule has 186 valence electrons. The third-order valence-electron chi connectivity index (χ3n) is 5.00. The molecule has 1 atom stereocenters. The summed E-state index contributed by atoms with van der Waals surface area (Å²) >= 11 is 12.1. The average Bonchev–Trinajstić information content (AvgIpc) is 2.78. The van der Waals surface area contributed by atoms with Crippen LogP contribution in [0.15, 0.2) is 42.5 Å². The number of carbonyl (C=O) groups excluding carboxylic acids is 2. The zero-order valence-electron chi connectivity index (χ0n) is 19.3. The molecule has 0 bridgehead atoms. The van der Waals surface area contributed by atoms with E-state index in [1.807, 2.05) is 0 Å². The molecule has 0 unspecified atom stereocenters. The Morgan fingerprint density at radius 2 is 1.74 bits per heavy atom. The van der Waals surface area contributed by atoms with E-state index in [-0.39, 0.29) is 17.3 Å². The number of para-hydroxylation sites is 1. The Hall–Kier alpha value is -2.40. The molecule has 0 spiro atoms. The van der Waals surface area contributed by atoms with Crippen molar-refractivity contribution in [2.75, 3.05) is 31.5 Å². The lowest BCUT2D eigenvalue weighted by atomic mass is 10.1. The molecule has 2 aromatic carbocycles. The SMILES string of the molecule is CCNC(=O)[C@H](C)N(Cc1ccc(Cl)c(Cl)c1)C(=O)CN(c1ccccc1F)S(=O)(=O)N(C)C. The van der Waals surface area contributed by atoms with Crippen LogP contribution in [0.1, 0.15) is 19.4 Å². The number of anilines is 1. The molecule has 0 saturated heterocycles. The second-order valence-electron chi connectivity index (χ2n) is 7.59. The zero-order chi connectivity index (χ0) is 25.6. The van der Waals surface area contributed by atoms with E-state index in [2.05, 4.69) is 5.32 Å². The van der Waals surface area contributed by atoms with Crippen LogP contribution in [0.5, 0.6) is 0 Å². The van der Waals surface area contributed by atoms with Gasteiger partial charge in [-0.3, -0.25) is 9.59 Å². The predicted molar refractivity (Wildman–Crippen MR) is 132 cm³/mol. The van der Waals surface area contributed by atoms with Crippen LogP contribution >= 0.6 is 23.2 Å². The van der Waals surface area contributed by atoms with Gasteiger partial charge < -0.3 is 10.2 Å². The Morgan fingerprint density at radius 3 is 2.29 bits per heavy atom. The molecule has 0 aromatic heterocycles. The highest BCUT2D eigenvalue weighted by atomic mass is 35.5. The molecule has 8 nitrogen and oxygen atoms in total. The van der Waals surface area contributed by atoms with Gasteiger partial charge in [0.25, 0.3) is 0 Å². The Labute approximate surface area is 209 Å².